The Morgan fingerprint density at radius 2 is 2.32 bits per heavy atom. The third-order valence-electron chi connectivity index (χ3n) is 2.78. The summed E-state index contributed by atoms with van der Waals surface area (Å²) >= 11 is 1.72. The normalized spacial score (nSPS) is 11.0. The molecule has 0 bridgehead atoms. The molecule has 6 nitrogen and oxygen atoms in total. The molecule has 3 rings (SSSR count). The molecule has 0 atom stereocenters. The fraction of sp³-hybridized carbons (Fsp3) is 0.250. The predicted octanol–water partition coefficient (Wildman–Crippen LogP) is 1.46. The number of hydrogen-bond donors (Lipinski definition) is 2. The SMILES string of the molecule is NCCn1ncc2c(NCc3cccs3)ncnc21. The van der Waals surface area contributed by atoms with Crippen LogP contribution in [-0.4, -0.2) is 26.3 Å². The molecule has 0 aliphatic heterocycles. The summed E-state index contributed by atoms with van der Waals surface area (Å²) in [5.74, 6) is 0.807. The third-order valence-corrected chi connectivity index (χ3v) is 3.66. The van der Waals surface area contributed by atoms with Crippen molar-refractivity contribution in [1.29, 1.82) is 0 Å². The van der Waals surface area contributed by atoms with Crippen molar-refractivity contribution in [2.75, 3.05) is 11.9 Å². The zero-order chi connectivity index (χ0) is 13.1. The van der Waals surface area contributed by atoms with Crippen LogP contribution in [0.4, 0.5) is 5.82 Å². The predicted molar refractivity (Wildman–Crippen MR) is 76.0 cm³/mol. The monoisotopic (exact) mass is 274 g/mol. The van der Waals surface area contributed by atoms with E-state index in [0.717, 1.165) is 23.4 Å². The second-order valence-corrected chi connectivity index (χ2v) is 5.08. The Labute approximate surface area is 114 Å². The summed E-state index contributed by atoms with van der Waals surface area (Å²) < 4.78 is 1.80. The first-order valence-corrected chi connectivity index (χ1v) is 6.89. The summed E-state index contributed by atoms with van der Waals surface area (Å²) in [6.45, 7) is 1.95. The van der Waals surface area contributed by atoms with E-state index >= 15 is 0 Å². The Morgan fingerprint density at radius 1 is 1.37 bits per heavy atom. The summed E-state index contributed by atoms with van der Waals surface area (Å²) in [6, 6.07) is 4.13. The molecule has 0 unspecified atom stereocenters. The number of fused-ring (bicyclic) bond motifs is 1. The second-order valence-electron chi connectivity index (χ2n) is 4.05. The number of nitrogens with zero attached hydrogens (tertiary/aromatic N) is 4. The first kappa shape index (κ1) is 12.1. The molecule has 3 heterocycles. The van der Waals surface area contributed by atoms with Gasteiger partial charge >= 0.3 is 0 Å². The summed E-state index contributed by atoms with van der Waals surface area (Å²) in [7, 11) is 0. The minimum Gasteiger partial charge on any atom is -0.364 e. The number of anilines is 1. The Balaban J connectivity index is 1.87. The molecule has 3 aromatic rings. The number of aromatic nitrogens is 4. The van der Waals surface area contributed by atoms with Gasteiger partial charge in [-0.15, -0.1) is 11.3 Å². The van der Waals surface area contributed by atoms with Crippen molar-refractivity contribution in [3.8, 4) is 0 Å². The molecular formula is C12H14N6S. The average molecular weight is 274 g/mol. The second kappa shape index (κ2) is 5.33. The van der Waals surface area contributed by atoms with Gasteiger partial charge in [-0.2, -0.15) is 5.10 Å². The molecule has 0 aliphatic carbocycles. The van der Waals surface area contributed by atoms with Gasteiger partial charge in [-0.1, -0.05) is 6.07 Å². The van der Waals surface area contributed by atoms with Crippen LogP contribution in [0.2, 0.25) is 0 Å². The lowest BCUT2D eigenvalue weighted by molar-refractivity contribution is 0.640. The average Bonchev–Trinajstić information content (AvgIpc) is 3.07. The van der Waals surface area contributed by atoms with Crippen molar-refractivity contribution < 1.29 is 0 Å². The maximum Gasteiger partial charge on any atom is 0.163 e. The van der Waals surface area contributed by atoms with Gasteiger partial charge in [-0.05, 0) is 11.4 Å². The zero-order valence-electron chi connectivity index (χ0n) is 10.3. The van der Waals surface area contributed by atoms with Gasteiger partial charge in [0, 0.05) is 11.4 Å². The van der Waals surface area contributed by atoms with Crippen LogP contribution in [0.3, 0.4) is 0 Å². The Hall–Kier alpha value is -1.99. The van der Waals surface area contributed by atoms with E-state index < -0.39 is 0 Å². The van der Waals surface area contributed by atoms with E-state index in [1.54, 1.807) is 28.5 Å². The quantitative estimate of drug-likeness (QED) is 0.736. The van der Waals surface area contributed by atoms with Gasteiger partial charge in [0.15, 0.2) is 5.65 Å². The Kier molecular flexibility index (Phi) is 3.39. The van der Waals surface area contributed by atoms with E-state index in [1.807, 2.05) is 6.07 Å². The molecule has 0 saturated heterocycles. The van der Waals surface area contributed by atoms with Crippen molar-refractivity contribution >= 4 is 28.2 Å². The van der Waals surface area contributed by atoms with Gasteiger partial charge in [0.2, 0.25) is 0 Å². The van der Waals surface area contributed by atoms with E-state index in [0.29, 0.717) is 13.1 Å². The van der Waals surface area contributed by atoms with E-state index in [4.69, 9.17) is 5.73 Å². The van der Waals surface area contributed by atoms with E-state index in [1.165, 1.54) is 4.88 Å². The summed E-state index contributed by atoms with van der Waals surface area (Å²) in [4.78, 5) is 9.80. The van der Waals surface area contributed by atoms with Crippen LogP contribution >= 0.6 is 11.3 Å². The molecule has 3 aromatic heterocycles. The summed E-state index contributed by atoms with van der Waals surface area (Å²) in [6.07, 6.45) is 3.33. The maximum atomic E-state index is 5.55. The summed E-state index contributed by atoms with van der Waals surface area (Å²) in [5.41, 5.74) is 6.37. The highest BCUT2D eigenvalue weighted by molar-refractivity contribution is 7.09. The lowest BCUT2D eigenvalue weighted by Gasteiger charge is -2.05. The van der Waals surface area contributed by atoms with Crippen molar-refractivity contribution in [3.63, 3.8) is 0 Å². The topological polar surface area (TPSA) is 81.7 Å². The minimum absolute atomic E-state index is 0.540. The minimum atomic E-state index is 0.540. The van der Waals surface area contributed by atoms with Crippen LogP contribution in [0.5, 0.6) is 0 Å². The molecule has 98 valence electrons. The van der Waals surface area contributed by atoms with Gasteiger partial charge in [-0.25, -0.2) is 14.6 Å². The number of nitrogens with two attached hydrogens (primary N) is 1. The van der Waals surface area contributed by atoms with Crippen LogP contribution in [0, 0.1) is 0 Å². The van der Waals surface area contributed by atoms with Crippen LogP contribution in [0.15, 0.2) is 30.0 Å². The lowest BCUT2D eigenvalue weighted by Crippen LogP contribution is -2.11. The van der Waals surface area contributed by atoms with Gasteiger partial charge in [0.05, 0.1) is 24.7 Å². The van der Waals surface area contributed by atoms with E-state index in [2.05, 4.69) is 31.8 Å². The van der Waals surface area contributed by atoms with Crippen LogP contribution < -0.4 is 11.1 Å². The lowest BCUT2D eigenvalue weighted by atomic mass is 10.4. The fourth-order valence-corrected chi connectivity index (χ4v) is 2.55. The van der Waals surface area contributed by atoms with Crippen LogP contribution in [-0.2, 0) is 13.1 Å². The van der Waals surface area contributed by atoms with Crippen molar-refractivity contribution in [2.24, 2.45) is 5.73 Å². The summed E-state index contributed by atoms with van der Waals surface area (Å²) in [5, 5.41) is 10.6. The molecule has 7 heteroatoms. The number of rotatable bonds is 5. The standard InChI is InChI=1S/C12H14N6S/c13-3-4-18-12-10(7-17-18)11(15-8-16-12)14-6-9-2-1-5-19-9/h1-2,5,7-8H,3-4,6,13H2,(H,14,15,16). The van der Waals surface area contributed by atoms with Crippen molar-refractivity contribution in [1.82, 2.24) is 19.7 Å². The molecular weight excluding hydrogens is 260 g/mol. The molecule has 0 aromatic carbocycles. The highest BCUT2D eigenvalue weighted by Crippen LogP contribution is 2.19. The molecule has 0 radical (unpaired) electrons. The molecule has 0 amide bonds. The molecule has 0 saturated carbocycles. The molecule has 0 fully saturated rings. The first-order valence-electron chi connectivity index (χ1n) is 6.01. The van der Waals surface area contributed by atoms with Crippen molar-refractivity contribution in [3.05, 3.63) is 34.9 Å². The number of hydrogen-bond acceptors (Lipinski definition) is 6. The Bertz CT molecular complexity index is 660. The maximum absolute atomic E-state index is 5.55. The molecule has 3 N–H and O–H groups in total. The first-order chi connectivity index (χ1) is 9.38. The highest BCUT2D eigenvalue weighted by atomic mass is 32.1. The van der Waals surface area contributed by atoms with Gasteiger partial charge in [0.25, 0.3) is 0 Å². The molecule has 0 spiro atoms. The van der Waals surface area contributed by atoms with Gasteiger partial charge in [-0.3, -0.25) is 0 Å². The number of nitrogens with one attached hydrogen (secondary N) is 1. The van der Waals surface area contributed by atoms with Gasteiger partial charge < -0.3 is 11.1 Å². The van der Waals surface area contributed by atoms with E-state index in [9.17, 15) is 0 Å². The highest BCUT2D eigenvalue weighted by Gasteiger charge is 2.09. The van der Waals surface area contributed by atoms with Crippen LogP contribution in [0.1, 0.15) is 4.88 Å². The van der Waals surface area contributed by atoms with E-state index in [-0.39, 0.29) is 0 Å². The largest absolute Gasteiger partial charge is 0.364 e. The van der Waals surface area contributed by atoms with Crippen LogP contribution in [0.25, 0.3) is 11.0 Å². The molecule has 19 heavy (non-hydrogen) atoms. The van der Waals surface area contributed by atoms with Gasteiger partial charge in [0.1, 0.15) is 12.1 Å². The number of thiophene rings is 1. The van der Waals surface area contributed by atoms with Crippen molar-refractivity contribution in [2.45, 2.75) is 13.1 Å². The zero-order valence-corrected chi connectivity index (χ0v) is 11.1. The molecule has 0 aliphatic rings. The fourth-order valence-electron chi connectivity index (χ4n) is 1.90. The Morgan fingerprint density at radius 3 is 3.11 bits per heavy atom. The smallest absolute Gasteiger partial charge is 0.163 e. The third kappa shape index (κ3) is 2.42.